The molecule has 2 aromatic carbocycles. The lowest BCUT2D eigenvalue weighted by Gasteiger charge is -2.35. The number of carbonyl (C=O) groups excluding carboxylic acids is 2. The smallest absolute Gasteiger partial charge is 0.247 e. The SMILES string of the molecule is CC1CCC[C@H](N2CCC(c3cc(Cl)ccc3N(N)/C=C(\N)Cl)=CC2=O)c2cc(F)cc(c2)-c2c(cnn2C)NC1=O. The monoisotopic (exact) mass is 611 g/mol. The second kappa shape index (κ2) is 12.2. The summed E-state index contributed by atoms with van der Waals surface area (Å²) in [6, 6.07) is 9.54. The zero-order valence-corrected chi connectivity index (χ0v) is 24.8. The molecule has 3 heterocycles. The van der Waals surface area contributed by atoms with Crippen LogP contribution in [0.5, 0.6) is 0 Å². The van der Waals surface area contributed by atoms with E-state index >= 15 is 4.39 Å². The molecule has 2 amide bonds. The zero-order chi connectivity index (χ0) is 30.1. The molecule has 2 aliphatic rings. The van der Waals surface area contributed by atoms with Gasteiger partial charge in [0.25, 0.3) is 0 Å². The first-order valence-electron chi connectivity index (χ1n) is 13.6. The third-order valence-corrected chi connectivity index (χ3v) is 8.09. The summed E-state index contributed by atoms with van der Waals surface area (Å²) in [6.07, 6.45) is 6.86. The standard InChI is InChI=1S/C30H32Cl2FN7O2/c1-17-4-3-5-25(19-10-20(12-22(33)11-19)29-24(37-30(17)42)15-36-38(29)2)39-9-8-18(13-28(39)41)23-14-21(31)6-7-26(23)40(35)16-27(32)34/h6-7,10-17,25H,3-5,8-9,34-35H2,1-2H3,(H,37,42)/b27-16-/t17?,25-/m0/s1. The van der Waals surface area contributed by atoms with E-state index in [0.717, 1.165) is 5.57 Å². The van der Waals surface area contributed by atoms with Crippen molar-refractivity contribution in [1.29, 1.82) is 0 Å². The maximum atomic E-state index is 15.1. The Kier molecular flexibility index (Phi) is 8.58. The first-order valence-corrected chi connectivity index (χ1v) is 14.4. The fourth-order valence-corrected chi connectivity index (χ4v) is 5.97. The molecule has 0 radical (unpaired) electrons. The summed E-state index contributed by atoms with van der Waals surface area (Å²) in [4.78, 5) is 28.4. The first-order chi connectivity index (χ1) is 20.0. The molecule has 2 bridgehead atoms. The lowest BCUT2D eigenvalue weighted by molar-refractivity contribution is -0.129. The number of aromatic nitrogens is 2. The van der Waals surface area contributed by atoms with E-state index in [1.807, 2.05) is 13.0 Å². The van der Waals surface area contributed by atoms with E-state index < -0.39 is 11.9 Å². The van der Waals surface area contributed by atoms with Gasteiger partial charge < -0.3 is 16.0 Å². The van der Waals surface area contributed by atoms with Crippen LogP contribution in [0.3, 0.4) is 0 Å². The van der Waals surface area contributed by atoms with Crippen molar-refractivity contribution in [3.05, 3.63) is 82.0 Å². The molecule has 2 atom stereocenters. The van der Waals surface area contributed by atoms with E-state index in [2.05, 4.69) is 10.4 Å². The minimum atomic E-state index is -0.435. The highest BCUT2D eigenvalue weighted by molar-refractivity contribution is 6.31. The van der Waals surface area contributed by atoms with Gasteiger partial charge in [0.15, 0.2) is 0 Å². The van der Waals surface area contributed by atoms with Gasteiger partial charge in [0.2, 0.25) is 11.8 Å². The number of hydrogen-bond donors (Lipinski definition) is 3. The van der Waals surface area contributed by atoms with Crippen LogP contribution in [0.15, 0.2) is 60.0 Å². The highest BCUT2D eigenvalue weighted by Crippen LogP contribution is 2.39. The van der Waals surface area contributed by atoms with Gasteiger partial charge in [-0.3, -0.25) is 19.3 Å². The van der Waals surface area contributed by atoms with Gasteiger partial charge in [0, 0.05) is 41.7 Å². The number of benzene rings is 2. The number of rotatable bonds is 4. The van der Waals surface area contributed by atoms with Crippen molar-refractivity contribution in [2.24, 2.45) is 24.5 Å². The second-order valence-corrected chi connectivity index (χ2v) is 11.5. The van der Waals surface area contributed by atoms with Crippen LogP contribution < -0.4 is 21.9 Å². The molecule has 3 aromatic rings. The van der Waals surface area contributed by atoms with Crippen LogP contribution in [-0.4, -0.2) is 33.0 Å². The Balaban J connectivity index is 1.54. The number of nitrogens with zero attached hydrogens (tertiary/aromatic N) is 4. The number of anilines is 2. The molecule has 12 heteroatoms. The Labute approximate surface area is 253 Å². The predicted octanol–water partition coefficient (Wildman–Crippen LogP) is 5.67. The number of halogens is 3. The minimum Gasteiger partial charge on any atom is -0.388 e. The van der Waals surface area contributed by atoms with Crippen molar-refractivity contribution >= 4 is 52.0 Å². The summed E-state index contributed by atoms with van der Waals surface area (Å²) in [7, 11) is 1.74. The molecule has 0 saturated heterocycles. The molecular weight excluding hydrogens is 580 g/mol. The molecule has 5 N–H and O–H groups in total. The number of hydrazine groups is 1. The molecular formula is C30H32Cl2FN7O2. The fraction of sp³-hybridized carbons (Fsp3) is 0.300. The van der Waals surface area contributed by atoms with Gasteiger partial charge in [-0.25, -0.2) is 10.2 Å². The maximum Gasteiger partial charge on any atom is 0.247 e. The number of aryl methyl sites for hydroxylation is 1. The van der Waals surface area contributed by atoms with Crippen LogP contribution in [-0.2, 0) is 16.6 Å². The van der Waals surface area contributed by atoms with Gasteiger partial charge in [-0.05, 0) is 66.8 Å². The molecule has 42 heavy (non-hydrogen) atoms. The topological polar surface area (TPSA) is 123 Å². The highest BCUT2D eigenvalue weighted by atomic mass is 35.5. The normalized spacial score (nSPS) is 19.8. The van der Waals surface area contributed by atoms with E-state index in [1.54, 1.807) is 47.1 Å². The van der Waals surface area contributed by atoms with E-state index in [9.17, 15) is 9.59 Å². The summed E-state index contributed by atoms with van der Waals surface area (Å²) in [5.74, 6) is 5.15. The number of hydrogen-bond acceptors (Lipinski definition) is 6. The van der Waals surface area contributed by atoms with Crippen molar-refractivity contribution in [3.63, 3.8) is 0 Å². The first kappa shape index (κ1) is 29.6. The van der Waals surface area contributed by atoms with Crippen LogP contribution in [0.25, 0.3) is 16.8 Å². The van der Waals surface area contributed by atoms with Crippen LogP contribution in [0, 0.1) is 11.7 Å². The lowest BCUT2D eigenvalue weighted by atomic mass is 9.91. The molecule has 9 nitrogen and oxygen atoms in total. The van der Waals surface area contributed by atoms with Crippen LogP contribution in [0.2, 0.25) is 5.02 Å². The molecule has 1 aromatic heterocycles. The Morgan fingerprint density at radius 2 is 2.00 bits per heavy atom. The number of amides is 2. The summed E-state index contributed by atoms with van der Waals surface area (Å²) < 4.78 is 16.7. The number of fused-ring (bicyclic) bond motifs is 4. The van der Waals surface area contributed by atoms with Crippen molar-refractivity contribution in [1.82, 2.24) is 14.7 Å². The van der Waals surface area contributed by atoms with Crippen molar-refractivity contribution in [2.45, 2.75) is 38.6 Å². The molecule has 1 unspecified atom stereocenters. The molecule has 0 aliphatic carbocycles. The fourth-order valence-electron chi connectivity index (χ4n) is 5.69. The largest absolute Gasteiger partial charge is 0.388 e. The van der Waals surface area contributed by atoms with E-state index in [-0.39, 0.29) is 22.9 Å². The van der Waals surface area contributed by atoms with Gasteiger partial charge in [0.1, 0.15) is 11.0 Å². The molecule has 0 spiro atoms. The van der Waals surface area contributed by atoms with Crippen molar-refractivity contribution in [3.8, 4) is 11.3 Å². The molecule has 0 fully saturated rings. The van der Waals surface area contributed by atoms with Gasteiger partial charge in [-0.15, -0.1) is 0 Å². The third-order valence-electron chi connectivity index (χ3n) is 7.76. The van der Waals surface area contributed by atoms with Crippen molar-refractivity contribution < 1.29 is 14.0 Å². The summed E-state index contributed by atoms with van der Waals surface area (Å²) in [5, 5.41) is 9.02. The number of carbonyl (C=O) groups is 2. The maximum absolute atomic E-state index is 15.1. The average molecular weight is 613 g/mol. The quantitative estimate of drug-likeness (QED) is 0.198. The Hall–Kier alpha value is -3.86. The van der Waals surface area contributed by atoms with Gasteiger partial charge in [0.05, 0.1) is 35.5 Å². The second-order valence-electron chi connectivity index (χ2n) is 10.7. The van der Waals surface area contributed by atoms with Crippen LogP contribution in [0.1, 0.15) is 49.8 Å². The van der Waals surface area contributed by atoms with E-state index in [4.69, 9.17) is 34.8 Å². The number of nitrogens with two attached hydrogens (primary N) is 2. The summed E-state index contributed by atoms with van der Waals surface area (Å²) >= 11 is 12.1. The van der Waals surface area contributed by atoms with Crippen molar-refractivity contribution in [2.75, 3.05) is 16.9 Å². The van der Waals surface area contributed by atoms with Crippen LogP contribution >= 0.6 is 23.2 Å². The molecule has 2 aliphatic heterocycles. The van der Waals surface area contributed by atoms with Gasteiger partial charge in [-0.2, -0.15) is 5.10 Å². The van der Waals surface area contributed by atoms with Gasteiger partial charge >= 0.3 is 0 Å². The molecule has 0 saturated carbocycles. The minimum absolute atomic E-state index is 0.000264. The number of nitrogens with one attached hydrogen (secondary N) is 1. The predicted molar refractivity (Wildman–Crippen MR) is 164 cm³/mol. The third kappa shape index (κ3) is 6.16. The highest BCUT2D eigenvalue weighted by Gasteiger charge is 2.30. The Bertz CT molecular complexity index is 1600. The molecule has 5 rings (SSSR count). The van der Waals surface area contributed by atoms with Crippen LogP contribution in [0.4, 0.5) is 15.8 Å². The van der Waals surface area contributed by atoms with E-state index in [1.165, 1.54) is 23.3 Å². The summed E-state index contributed by atoms with van der Waals surface area (Å²) in [5.41, 5.74) is 9.98. The Morgan fingerprint density at radius 3 is 2.74 bits per heavy atom. The average Bonchev–Trinajstić information content (AvgIpc) is 3.29. The Morgan fingerprint density at radius 1 is 1.21 bits per heavy atom. The van der Waals surface area contributed by atoms with E-state index in [0.29, 0.717) is 71.0 Å². The molecule has 220 valence electrons. The summed E-state index contributed by atoms with van der Waals surface area (Å²) in [6.45, 7) is 2.26. The lowest BCUT2D eigenvalue weighted by Crippen LogP contribution is -2.37. The van der Waals surface area contributed by atoms with Gasteiger partial charge in [-0.1, -0.05) is 36.5 Å². The zero-order valence-electron chi connectivity index (χ0n) is 23.3.